The molecule has 0 saturated carbocycles. The van der Waals surface area contributed by atoms with Crippen molar-refractivity contribution in [2.75, 3.05) is 46.6 Å². The Bertz CT molecular complexity index is 264. The van der Waals surface area contributed by atoms with E-state index in [2.05, 4.69) is 10.6 Å². The van der Waals surface area contributed by atoms with Crippen LogP contribution in [-0.4, -0.2) is 75.9 Å². The monoisotopic (exact) mass is 306 g/mol. The minimum atomic E-state index is -0.654. The molecule has 0 bridgehead atoms. The SMILES string of the molecule is COCCNC(=O)C(C)NCC(O)COCCOC(C)C. The third-order valence-electron chi connectivity index (χ3n) is 2.65. The van der Waals surface area contributed by atoms with Gasteiger partial charge in [-0.2, -0.15) is 0 Å². The second-order valence-electron chi connectivity index (χ2n) is 5.06. The van der Waals surface area contributed by atoms with Crippen LogP contribution in [0.15, 0.2) is 0 Å². The third kappa shape index (κ3) is 12.7. The predicted molar refractivity (Wildman–Crippen MR) is 80.3 cm³/mol. The molecule has 2 atom stereocenters. The molecule has 1 amide bonds. The highest BCUT2D eigenvalue weighted by atomic mass is 16.5. The van der Waals surface area contributed by atoms with Crippen LogP contribution >= 0.6 is 0 Å². The lowest BCUT2D eigenvalue weighted by molar-refractivity contribution is -0.123. The van der Waals surface area contributed by atoms with E-state index in [4.69, 9.17) is 14.2 Å². The maximum absolute atomic E-state index is 11.6. The number of ether oxygens (including phenoxy) is 3. The smallest absolute Gasteiger partial charge is 0.236 e. The van der Waals surface area contributed by atoms with E-state index in [9.17, 15) is 9.90 Å². The van der Waals surface area contributed by atoms with Gasteiger partial charge in [0.15, 0.2) is 0 Å². The Labute approximate surface area is 127 Å². The maximum Gasteiger partial charge on any atom is 0.236 e. The lowest BCUT2D eigenvalue weighted by Crippen LogP contribution is -2.46. The van der Waals surface area contributed by atoms with Crippen molar-refractivity contribution in [2.45, 2.75) is 39.0 Å². The molecule has 3 N–H and O–H groups in total. The summed E-state index contributed by atoms with van der Waals surface area (Å²) in [5, 5.41) is 15.4. The molecule has 0 aliphatic rings. The molecule has 21 heavy (non-hydrogen) atoms. The highest BCUT2D eigenvalue weighted by molar-refractivity contribution is 5.81. The molecule has 0 aromatic carbocycles. The summed E-state index contributed by atoms with van der Waals surface area (Å²) >= 11 is 0. The van der Waals surface area contributed by atoms with E-state index in [-0.39, 0.29) is 24.7 Å². The number of aliphatic hydroxyl groups excluding tert-OH is 1. The number of nitrogens with one attached hydrogen (secondary N) is 2. The standard InChI is InChI=1S/C14H30N2O5/c1-11(2)21-8-7-20-10-13(17)9-16-12(3)14(18)15-5-6-19-4/h11-13,16-17H,5-10H2,1-4H3,(H,15,18). The lowest BCUT2D eigenvalue weighted by Gasteiger charge is -2.17. The topological polar surface area (TPSA) is 89.1 Å². The van der Waals surface area contributed by atoms with Crippen LogP contribution in [0, 0.1) is 0 Å². The van der Waals surface area contributed by atoms with E-state index in [1.165, 1.54) is 0 Å². The molecule has 126 valence electrons. The molecule has 7 heteroatoms. The highest BCUT2D eigenvalue weighted by Gasteiger charge is 2.13. The zero-order valence-electron chi connectivity index (χ0n) is 13.6. The second kappa shape index (κ2) is 13.0. The minimum Gasteiger partial charge on any atom is -0.389 e. The van der Waals surface area contributed by atoms with Gasteiger partial charge in [0.1, 0.15) is 0 Å². The molecule has 2 unspecified atom stereocenters. The molecule has 7 nitrogen and oxygen atoms in total. The van der Waals surface area contributed by atoms with Crippen molar-refractivity contribution in [1.29, 1.82) is 0 Å². The number of rotatable bonds is 13. The lowest BCUT2D eigenvalue weighted by atomic mass is 10.3. The van der Waals surface area contributed by atoms with Gasteiger partial charge in [0, 0.05) is 20.2 Å². The number of aliphatic hydroxyl groups is 1. The van der Waals surface area contributed by atoms with Gasteiger partial charge in [-0.05, 0) is 20.8 Å². The Morgan fingerprint density at radius 3 is 2.52 bits per heavy atom. The van der Waals surface area contributed by atoms with Gasteiger partial charge in [0.05, 0.1) is 44.7 Å². The van der Waals surface area contributed by atoms with Gasteiger partial charge in [-0.3, -0.25) is 4.79 Å². The summed E-state index contributed by atoms with van der Waals surface area (Å²) in [7, 11) is 1.58. The van der Waals surface area contributed by atoms with E-state index in [1.807, 2.05) is 13.8 Å². The number of hydrogen-bond acceptors (Lipinski definition) is 6. The van der Waals surface area contributed by atoms with Crippen molar-refractivity contribution in [3.63, 3.8) is 0 Å². The quantitative estimate of drug-likeness (QED) is 0.399. The van der Waals surface area contributed by atoms with Crippen molar-refractivity contribution < 1.29 is 24.1 Å². The van der Waals surface area contributed by atoms with Gasteiger partial charge < -0.3 is 30.0 Å². The van der Waals surface area contributed by atoms with E-state index in [0.717, 1.165) is 0 Å². The molecule has 0 aliphatic carbocycles. The molecule has 0 aliphatic heterocycles. The van der Waals surface area contributed by atoms with Crippen molar-refractivity contribution in [3.8, 4) is 0 Å². The molecule has 0 rings (SSSR count). The van der Waals surface area contributed by atoms with Gasteiger partial charge in [0.25, 0.3) is 0 Å². The third-order valence-corrected chi connectivity index (χ3v) is 2.65. The predicted octanol–water partition coefficient (Wildman–Crippen LogP) is -0.470. The van der Waals surface area contributed by atoms with Gasteiger partial charge in [-0.15, -0.1) is 0 Å². The summed E-state index contributed by atoms with van der Waals surface area (Å²) in [5.41, 5.74) is 0. The summed E-state index contributed by atoms with van der Waals surface area (Å²) in [6.07, 6.45) is -0.476. The van der Waals surface area contributed by atoms with Crippen LogP contribution in [0.2, 0.25) is 0 Å². The first-order valence-electron chi connectivity index (χ1n) is 7.34. The van der Waals surface area contributed by atoms with Gasteiger partial charge >= 0.3 is 0 Å². The van der Waals surface area contributed by atoms with Gasteiger partial charge in [-0.1, -0.05) is 0 Å². The van der Waals surface area contributed by atoms with Crippen LogP contribution in [0.1, 0.15) is 20.8 Å². The van der Waals surface area contributed by atoms with Crippen LogP contribution in [0.4, 0.5) is 0 Å². The van der Waals surface area contributed by atoms with Crippen molar-refractivity contribution in [1.82, 2.24) is 10.6 Å². The first-order valence-corrected chi connectivity index (χ1v) is 7.34. The van der Waals surface area contributed by atoms with E-state index in [1.54, 1.807) is 14.0 Å². The Morgan fingerprint density at radius 1 is 1.19 bits per heavy atom. The van der Waals surface area contributed by atoms with E-state index < -0.39 is 6.10 Å². The molecule has 0 radical (unpaired) electrons. The summed E-state index contributed by atoms with van der Waals surface area (Å²) in [4.78, 5) is 11.6. The van der Waals surface area contributed by atoms with Crippen LogP contribution in [0.3, 0.4) is 0 Å². The number of methoxy groups -OCH3 is 1. The first kappa shape index (κ1) is 20.3. The number of amides is 1. The molecular formula is C14H30N2O5. The average molecular weight is 306 g/mol. The maximum atomic E-state index is 11.6. The molecule has 0 heterocycles. The fourth-order valence-electron chi connectivity index (χ4n) is 1.46. The Kier molecular flexibility index (Phi) is 12.5. The van der Waals surface area contributed by atoms with E-state index >= 15 is 0 Å². The summed E-state index contributed by atoms with van der Waals surface area (Å²) in [6, 6.07) is -0.374. The number of hydrogen-bond donors (Lipinski definition) is 3. The molecule has 0 aromatic heterocycles. The zero-order valence-corrected chi connectivity index (χ0v) is 13.6. The molecule has 0 spiro atoms. The largest absolute Gasteiger partial charge is 0.389 e. The zero-order chi connectivity index (χ0) is 16.1. The molecule has 0 fully saturated rings. The molecule has 0 aromatic rings. The van der Waals surface area contributed by atoms with Crippen LogP contribution in [-0.2, 0) is 19.0 Å². The highest BCUT2D eigenvalue weighted by Crippen LogP contribution is 1.90. The van der Waals surface area contributed by atoms with Crippen molar-refractivity contribution in [2.24, 2.45) is 0 Å². The Morgan fingerprint density at radius 2 is 1.90 bits per heavy atom. The van der Waals surface area contributed by atoms with E-state index in [0.29, 0.717) is 32.9 Å². The van der Waals surface area contributed by atoms with Gasteiger partial charge in [0.2, 0.25) is 5.91 Å². The fraction of sp³-hybridized carbons (Fsp3) is 0.929. The van der Waals surface area contributed by atoms with Crippen molar-refractivity contribution >= 4 is 5.91 Å². The van der Waals surface area contributed by atoms with Crippen LogP contribution < -0.4 is 10.6 Å². The molecule has 0 saturated heterocycles. The first-order chi connectivity index (χ1) is 9.97. The fourth-order valence-corrected chi connectivity index (χ4v) is 1.46. The summed E-state index contributed by atoms with van der Waals surface area (Å²) in [6.45, 7) is 8.08. The van der Waals surface area contributed by atoms with Crippen LogP contribution in [0.25, 0.3) is 0 Å². The summed E-state index contributed by atoms with van der Waals surface area (Å²) < 4.78 is 15.4. The molecular weight excluding hydrogens is 276 g/mol. The minimum absolute atomic E-state index is 0.120. The second-order valence-corrected chi connectivity index (χ2v) is 5.06. The Balaban J connectivity index is 3.57. The number of carbonyl (C=O) groups excluding carboxylic acids is 1. The van der Waals surface area contributed by atoms with Crippen LogP contribution in [0.5, 0.6) is 0 Å². The normalized spacial score (nSPS) is 14.2. The number of carbonyl (C=O) groups is 1. The average Bonchev–Trinajstić information content (AvgIpc) is 2.44. The van der Waals surface area contributed by atoms with Crippen molar-refractivity contribution in [3.05, 3.63) is 0 Å². The Hall–Kier alpha value is -0.730. The van der Waals surface area contributed by atoms with Gasteiger partial charge in [-0.25, -0.2) is 0 Å². The summed E-state index contributed by atoms with van der Waals surface area (Å²) in [5.74, 6) is -0.120.